The van der Waals surface area contributed by atoms with Crippen molar-refractivity contribution >= 4 is 11.6 Å². The van der Waals surface area contributed by atoms with Gasteiger partial charge in [0.05, 0.1) is 0 Å². The molecule has 1 aromatic carbocycles. The molecule has 2 rings (SSSR count). The smallest absolute Gasteiger partial charge is 0.222 e. The van der Waals surface area contributed by atoms with Gasteiger partial charge in [-0.3, -0.25) is 5.21 Å². The van der Waals surface area contributed by atoms with Crippen LogP contribution >= 0.6 is 11.6 Å². The second-order valence-electron chi connectivity index (χ2n) is 5.20. The summed E-state index contributed by atoms with van der Waals surface area (Å²) in [6.45, 7) is 5.78. The zero-order valence-electron chi connectivity index (χ0n) is 11.8. The average Bonchev–Trinajstić information content (AvgIpc) is 2.42. The highest BCUT2D eigenvalue weighted by atomic mass is 35.5. The summed E-state index contributed by atoms with van der Waals surface area (Å²) in [5, 5.41) is 13.3. The Morgan fingerprint density at radius 1 is 1.15 bits per heavy atom. The number of hydrogen-bond donors (Lipinski definition) is 2. The molecule has 0 unspecified atom stereocenters. The van der Waals surface area contributed by atoms with Gasteiger partial charge in [0.25, 0.3) is 0 Å². The molecule has 106 valence electrons. The van der Waals surface area contributed by atoms with Gasteiger partial charge in [0.2, 0.25) is 12.4 Å². The van der Waals surface area contributed by atoms with Gasteiger partial charge in [-0.15, -0.1) is 0 Å². The van der Waals surface area contributed by atoms with Gasteiger partial charge < -0.3 is 5.32 Å². The third-order valence-corrected chi connectivity index (χ3v) is 3.62. The number of pyridine rings is 1. The molecular formula is C16H20ClN2O+. The Balaban J connectivity index is 1.92. The third kappa shape index (κ3) is 3.95. The fraction of sp³-hybridized carbons (Fsp3) is 0.312. The second kappa shape index (κ2) is 6.73. The first kappa shape index (κ1) is 14.8. The predicted molar refractivity (Wildman–Crippen MR) is 79.9 cm³/mol. The fourth-order valence-corrected chi connectivity index (χ4v) is 2.23. The Morgan fingerprint density at radius 3 is 2.45 bits per heavy atom. The van der Waals surface area contributed by atoms with Crippen LogP contribution in [0.1, 0.15) is 36.5 Å². The van der Waals surface area contributed by atoms with Gasteiger partial charge in [-0.2, -0.15) is 0 Å². The van der Waals surface area contributed by atoms with Crippen molar-refractivity contribution in [3.05, 3.63) is 64.4 Å². The minimum Gasteiger partial charge on any atom is -0.309 e. The molecule has 0 atom stereocenters. The lowest BCUT2D eigenvalue weighted by Crippen LogP contribution is -2.28. The number of nitrogens with zero attached hydrogens (tertiary/aromatic N) is 1. The molecule has 0 saturated carbocycles. The topological polar surface area (TPSA) is 36.1 Å². The molecule has 0 fully saturated rings. The van der Waals surface area contributed by atoms with Crippen LogP contribution in [0.2, 0.25) is 5.02 Å². The molecule has 0 radical (unpaired) electrons. The van der Waals surface area contributed by atoms with E-state index in [1.54, 1.807) is 12.4 Å². The van der Waals surface area contributed by atoms with Crippen LogP contribution in [0, 0.1) is 0 Å². The van der Waals surface area contributed by atoms with E-state index in [1.165, 1.54) is 5.56 Å². The summed E-state index contributed by atoms with van der Waals surface area (Å²) in [5.41, 5.74) is 3.48. The van der Waals surface area contributed by atoms with E-state index in [2.05, 4.69) is 31.3 Å². The minimum atomic E-state index is 0.490. The van der Waals surface area contributed by atoms with Crippen LogP contribution in [0.15, 0.2) is 42.7 Å². The standard InChI is InChI=1S/C16H20ClN2O/c1-12(2)14-3-4-15(16(17)9-14)11-18-10-13-5-7-19(20)8-6-13/h3-9,12,18,20H,10-11H2,1-2H3/q+1. The molecule has 2 N–H and O–H groups in total. The van der Waals surface area contributed by atoms with Gasteiger partial charge in [-0.05, 0) is 28.7 Å². The lowest BCUT2D eigenvalue weighted by Gasteiger charge is -2.10. The van der Waals surface area contributed by atoms with Crippen molar-refractivity contribution in [1.82, 2.24) is 5.32 Å². The SMILES string of the molecule is CC(C)c1ccc(CNCc2cc[n+](O)cc2)c(Cl)c1. The summed E-state index contributed by atoms with van der Waals surface area (Å²) in [6, 6.07) is 10.00. The van der Waals surface area contributed by atoms with Crippen molar-refractivity contribution in [2.24, 2.45) is 0 Å². The Kier molecular flexibility index (Phi) is 4.99. The normalized spacial score (nSPS) is 11.0. The van der Waals surface area contributed by atoms with Crippen molar-refractivity contribution in [2.75, 3.05) is 0 Å². The molecule has 3 nitrogen and oxygen atoms in total. The van der Waals surface area contributed by atoms with E-state index in [4.69, 9.17) is 16.8 Å². The van der Waals surface area contributed by atoms with E-state index in [9.17, 15) is 0 Å². The molecule has 1 heterocycles. The van der Waals surface area contributed by atoms with Crippen LogP contribution in [-0.2, 0) is 13.1 Å². The van der Waals surface area contributed by atoms with Crippen LogP contribution in [-0.4, -0.2) is 5.21 Å². The fourth-order valence-electron chi connectivity index (χ4n) is 1.97. The van der Waals surface area contributed by atoms with Gasteiger partial charge in [-0.1, -0.05) is 37.6 Å². The molecule has 0 saturated heterocycles. The van der Waals surface area contributed by atoms with Gasteiger partial charge in [0, 0.05) is 35.0 Å². The number of nitrogens with one attached hydrogen (secondary N) is 1. The lowest BCUT2D eigenvalue weighted by molar-refractivity contribution is -0.904. The van der Waals surface area contributed by atoms with Gasteiger partial charge >= 0.3 is 0 Å². The molecular weight excluding hydrogens is 272 g/mol. The van der Waals surface area contributed by atoms with Crippen LogP contribution in [0.5, 0.6) is 0 Å². The maximum absolute atomic E-state index is 9.15. The first-order valence-corrected chi connectivity index (χ1v) is 7.12. The highest BCUT2D eigenvalue weighted by Gasteiger charge is 2.05. The molecule has 0 spiro atoms. The van der Waals surface area contributed by atoms with E-state index in [1.807, 2.05) is 18.2 Å². The number of rotatable bonds is 5. The summed E-state index contributed by atoms with van der Waals surface area (Å²) in [5.74, 6) is 0.490. The molecule has 0 aliphatic heterocycles. The summed E-state index contributed by atoms with van der Waals surface area (Å²) >= 11 is 6.30. The zero-order valence-corrected chi connectivity index (χ0v) is 12.6. The van der Waals surface area contributed by atoms with Crippen molar-refractivity contribution in [2.45, 2.75) is 32.9 Å². The Hall–Kier alpha value is -1.58. The second-order valence-corrected chi connectivity index (χ2v) is 5.60. The molecule has 20 heavy (non-hydrogen) atoms. The van der Waals surface area contributed by atoms with Crippen LogP contribution < -0.4 is 10.0 Å². The number of hydrogen-bond acceptors (Lipinski definition) is 2. The number of halogens is 1. The first-order valence-electron chi connectivity index (χ1n) is 6.75. The van der Waals surface area contributed by atoms with Crippen molar-refractivity contribution in [1.29, 1.82) is 0 Å². The number of aromatic nitrogens is 1. The molecule has 2 aromatic rings. The van der Waals surface area contributed by atoms with E-state index < -0.39 is 0 Å². The monoisotopic (exact) mass is 291 g/mol. The molecule has 0 aliphatic carbocycles. The summed E-state index contributed by atoms with van der Waals surface area (Å²) in [7, 11) is 0. The molecule has 1 aromatic heterocycles. The predicted octanol–water partition coefficient (Wildman–Crippen LogP) is 3.28. The highest BCUT2D eigenvalue weighted by Crippen LogP contribution is 2.22. The van der Waals surface area contributed by atoms with Gasteiger partial charge in [-0.25, -0.2) is 0 Å². The van der Waals surface area contributed by atoms with E-state index in [-0.39, 0.29) is 0 Å². The Bertz CT molecular complexity index is 567. The summed E-state index contributed by atoms with van der Waals surface area (Å²) in [4.78, 5) is 0. The van der Waals surface area contributed by atoms with Crippen LogP contribution in [0.3, 0.4) is 0 Å². The largest absolute Gasteiger partial charge is 0.309 e. The van der Waals surface area contributed by atoms with Crippen molar-refractivity contribution in [3.8, 4) is 0 Å². The summed E-state index contributed by atoms with van der Waals surface area (Å²) < 4.78 is 1.03. The van der Waals surface area contributed by atoms with Crippen LogP contribution in [0.4, 0.5) is 0 Å². The molecule has 0 aliphatic rings. The van der Waals surface area contributed by atoms with Crippen molar-refractivity contribution in [3.63, 3.8) is 0 Å². The molecule has 0 amide bonds. The maximum atomic E-state index is 9.15. The third-order valence-electron chi connectivity index (χ3n) is 3.27. The quantitative estimate of drug-likeness (QED) is 0.655. The highest BCUT2D eigenvalue weighted by molar-refractivity contribution is 6.31. The Labute approximate surface area is 124 Å². The van der Waals surface area contributed by atoms with E-state index in [0.717, 1.165) is 34.0 Å². The van der Waals surface area contributed by atoms with E-state index >= 15 is 0 Å². The molecule has 0 bridgehead atoms. The summed E-state index contributed by atoms with van der Waals surface area (Å²) in [6.07, 6.45) is 3.23. The minimum absolute atomic E-state index is 0.490. The van der Waals surface area contributed by atoms with Crippen LogP contribution in [0.25, 0.3) is 0 Å². The molecule has 4 heteroatoms. The number of benzene rings is 1. The zero-order chi connectivity index (χ0) is 14.5. The van der Waals surface area contributed by atoms with Gasteiger partial charge in [0.15, 0.2) is 0 Å². The Morgan fingerprint density at radius 2 is 1.85 bits per heavy atom. The average molecular weight is 292 g/mol. The maximum Gasteiger partial charge on any atom is 0.222 e. The lowest BCUT2D eigenvalue weighted by atomic mass is 10.0. The van der Waals surface area contributed by atoms with E-state index in [0.29, 0.717) is 5.92 Å². The van der Waals surface area contributed by atoms with Crippen molar-refractivity contribution < 1.29 is 9.94 Å². The first-order chi connectivity index (χ1) is 9.56. The van der Waals surface area contributed by atoms with Gasteiger partial charge in [0.1, 0.15) is 0 Å².